The van der Waals surface area contributed by atoms with Crippen molar-refractivity contribution in [1.29, 1.82) is 0 Å². The summed E-state index contributed by atoms with van der Waals surface area (Å²) >= 11 is 0. The van der Waals surface area contributed by atoms with Gasteiger partial charge in [0.1, 0.15) is 0 Å². The van der Waals surface area contributed by atoms with Gasteiger partial charge in [-0.2, -0.15) is 0 Å². The molecule has 10 aromatic carbocycles. The number of rotatable bonds is 7. The first-order valence-corrected chi connectivity index (χ1v) is 22.3. The minimum atomic E-state index is 0.311. The van der Waals surface area contributed by atoms with Crippen LogP contribution in [-0.4, -0.2) is 9.13 Å². The number of nitrogens with zero attached hydrogens (tertiary/aromatic N) is 2. The van der Waals surface area contributed by atoms with E-state index in [2.05, 4.69) is 246 Å². The summed E-state index contributed by atoms with van der Waals surface area (Å²) in [5, 5.41) is 5.02. The maximum atomic E-state index is 2.44. The van der Waals surface area contributed by atoms with Gasteiger partial charge >= 0.3 is 0 Å². The predicted molar refractivity (Wildman–Crippen MR) is 269 cm³/mol. The van der Waals surface area contributed by atoms with Crippen molar-refractivity contribution in [2.45, 2.75) is 12.3 Å². The van der Waals surface area contributed by atoms with Gasteiger partial charge < -0.3 is 9.13 Å². The highest BCUT2D eigenvalue weighted by atomic mass is 15.0. The van der Waals surface area contributed by atoms with E-state index in [4.69, 9.17) is 0 Å². The highest BCUT2D eigenvalue weighted by Gasteiger charge is 2.29. The third-order valence-corrected chi connectivity index (χ3v) is 13.7. The average Bonchev–Trinajstić information content (AvgIpc) is 4.00. The topological polar surface area (TPSA) is 9.86 Å². The Morgan fingerprint density at radius 2 is 0.828 bits per heavy atom. The lowest BCUT2D eigenvalue weighted by molar-refractivity contribution is 0.827. The van der Waals surface area contributed by atoms with Crippen LogP contribution < -0.4 is 0 Å². The van der Waals surface area contributed by atoms with E-state index in [0.717, 1.165) is 12.1 Å². The lowest BCUT2D eigenvalue weighted by atomic mass is 9.89. The molecule has 64 heavy (non-hydrogen) atoms. The Balaban J connectivity index is 0.879. The van der Waals surface area contributed by atoms with E-state index in [1.54, 1.807) is 0 Å². The van der Waals surface area contributed by atoms with Crippen molar-refractivity contribution in [3.8, 4) is 55.9 Å². The summed E-state index contributed by atoms with van der Waals surface area (Å²) in [6, 6.07) is 87.3. The summed E-state index contributed by atoms with van der Waals surface area (Å²) in [7, 11) is 0. The van der Waals surface area contributed by atoms with E-state index in [-0.39, 0.29) is 0 Å². The Hall–Kier alpha value is -8.20. The standard InChI is InChI=1S/C62H42N2/c1-2-15-42(16-3-1)43-31-29-41(30-32-43)37-55-49-20-4-5-21-50(49)56-39-45(33-35-51(55)56)44-17-14-18-47(38-44)63-59-26-11-9-24-54(59)57-40-46(34-36-62(57)63)48-19-6-10-25-58(48)64-60-27-12-7-22-52(60)53-23-8-13-28-61(53)64/h1-36,38-40,55H,37H2. The fraction of sp³-hybridized carbons (Fsp3) is 0.0323. The average molecular weight is 815 g/mol. The maximum absolute atomic E-state index is 2.44. The molecule has 0 aliphatic heterocycles. The van der Waals surface area contributed by atoms with Crippen LogP contribution in [0.2, 0.25) is 0 Å². The number of aromatic nitrogens is 2. The van der Waals surface area contributed by atoms with E-state index in [9.17, 15) is 0 Å². The second kappa shape index (κ2) is 14.7. The van der Waals surface area contributed by atoms with Gasteiger partial charge in [-0.15, -0.1) is 0 Å². The Morgan fingerprint density at radius 1 is 0.297 bits per heavy atom. The van der Waals surface area contributed by atoms with Crippen LogP contribution in [0.4, 0.5) is 0 Å². The van der Waals surface area contributed by atoms with Crippen LogP contribution in [0.5, 0.6) is 0 Å². The monoisotopic (exact) mass is 814 g/mol. The minimum Gasteiger partial charge on any atom is -0.309 e. The number of para-hydroxylation sites is 4. The highest BCUT2D eigenvalue weighted by molar-refractivity contribution is 6.12. The van der Waals surface area contributed by atoms with Crippen molar-refractivity contribution in [2.24, 2.45) is 0 Å². The van der Waals surface area contributed by atoms with Gasteiger partial charge in [-0.1, -0.05) is 182 Å². The van der Waals surface area contributed by atoms with Crippen molar-refractivity contribution in [3.05, 3.63) is 253 Å². The SMILES string of the molecule is c1ccc(-c2ccc(CC3c4ccccc4-c4cc(-c5cccc(-n6c7ccccc7c7cc(-c8ccccc8-n8c9ccccc9c9ccccc98)ccc76)c5)ccc43)cc2)cc1. The van der Waals surface area contributed by atoms with E-state index in [1.165, 1.54) is 110 Å². The Labute approximate surface area is 372 Å². The lowest BCUT2D eigenvalue weighted by Gasteiger charge is -2.15. The summed E-state index contributed by atoms with van der Waals surface area (Å²) in [6.07, 6.45) is 0.967. The van der Waals surface area contributed by atoms with Gasteiger partial charge in [-0.3, -0.25) is 0 Å². The number of hydrogen-bond acceptors (Lipinski definition) is 0. The Kier molecular flexibility index (Phi) is 8.39. The predicted octanol–water partition coefficient (Wildman–Crippen LogP) is 16.2. The number of benzene rings is 10. The van der Waals surface area contributed by atoms with Gasteiger partial charge in [0.15, 0.2) is 0 Å². The molecule has 0 fully saturated rings. The van der Waals surface area contributed by atoms with E-state index >= 15 is 0 Å². The first-order valence-electron chi connectivity index (χ1n) is 22.3. The normalized spacial score (nSPS) is 13.2. The van der Waals surface area contributed by atoms with Crippen LogP contribution in [0.15, 0.2) is 237 Å². The molecule has 300 valence electrons. The zero-order chi connectivity index (χ0) is 42.1. The van der Waals surface area contributed by atoms with Crippen LogP contribution in [0.25, 0.3) is 99.5 Å². The number of fused-ring (bicyclic) bond motifs is 9. The second-order valence-corrected chi connectivity index (χ2v) is 17.2. The lowest BCUT2D eigenvalue weighted by Crippen LogP contribution is -2.01. The van der Waals surface area contributed by atoms with Gasteiger partial charge in [0, 0.05) is 38.7 Å². The fourth-order valence-electron chi connectivity index (χ4n) is 10.7. The van der Waals surface area contributed by atoms with Gasteiger partial charge in [0.2, 0.25) is 0 Å². The van der Waals surface area contributed by atoms with Crippen LogP contribution in [0, 0.1) is 0 Å². The van der Waals surface area contributed by atoms with Crippen molar-refractivity contribution < 1.29 is 0 Å². The van der Waals surface area contributed by atoms with Gasteiger partial charge in [-0.05, 0) is 117 Å². The van der Waals surface area contributed by atoms with Crippen LogP contribution in [0.1, 0.15) is 22.6 Å². The van der Waals surface area contributed by atoms with Gasteiger partial charge in [0.25, 0.3) is 0 Å². The Bertz CT molecular complexity index is 3700. The van der Waals surface area contributed by atoms with Crippen LogP contribution >= 0.6 is 0 Å². The summed E-state index contributed by atoms with van der Waals surface area (Å²) in [5.74, 6) is 0.311. The quantitative estimate of drug-likeness (QED) is 0.152. The molecule has 1 unspecified atom stereocenters. The molecule has 0 saturated heterocycles. The highest BCUT2D eigenvalue weighted by Crippen LogP contribution is 2.48. The smallest absolute Gasteiger partial charge is 0.0541 e. The molecule has 1 atom stereocenters. The second-order valence-electron chi connectivity index (χ2n) is 17.2. The molecule has 1 aliphatic carbocycles. The molecule has 0 radical (unpaired) electrons. The van der Waals surface area contributed by atoms with Crippen molar-refractivity contribution >= 4 is 43.6 Å². The van der Waals surface area contributed by atoms with Crippen molar-refractivity contribution in [3.63, 3.8) is 0 Å². The molecule has 2 heterocycles. The van der Waals surface area contributed by atoms with Crippen molar-refractivity contribution in [1.82, 2.24) is 9.13 Å². The van der Waals surface area contributed by atoms with Crippen molar-refractivity contribution in [2.75, 3.05) is 0 Å². The molecule has 0 N–H and O–H groups in total. The Morgan fingerprint density at radius 3 is 1.59 bits per heavy atom. The molecule has 0 amide bonds. The molecule has 0 bridgehead atoms. The van der Waals surface area contributed by atoms with Gasteiger partial charge in [0.05, 0.1) is 27.8 Å². The first kappa shape index (κ1) is 36.5. The molecule has 2 nitrogen and oxygen atoms in total. The summed E-state index contributed by atoms with van der Waals surface area (Å²) in [4.78, 5) is 0. The first-order chi connectivity index (χ1) is 31.7. The molecular formula is C62H42N2. The van der Waals surface area contributed by atoms with E-state index < -0.39 is 0 Å². The van der Waals surface area contributed by atoms with Gasteiger partial charge in [-0.25, -0.2) is 0 Å². The third-order valence-electron chi connectivity index (χ3n) is 13.7. The summed E-state index contributed by atoms with van der Waals surface area (Å²) < 4.78 is 4.88. The zero-order valence-corrected chi connectivity index (χ0v) is 35.2. The van der Waals surface area contributed by atoms with Crippen LogP contribution in [0.3, 0.4) is 0 Å². The summed E-state index contributed by atoms with van der Waals surface area (Å²) in [5.41, 5.74) is 21.4. The number of hydrogen-bond donors (Lipinski definition) is 0. The molecular weight excluding hydrogens is 773 g/mol. The molecule has 2 heteroatoms. The maximum Gasteiger partial charge on any atom is 0.0541 e. The molecule has 1 aliphatic rings. The zero-order valence-electron chi connectivity index (χ0n) is 35.2. The van der Waals surface area contributed by atoms with E-state index in [0.29, 0.717) is 5.92 Å². The molecule has 0 spiro atoms. The fourth-order valence-corrected chi connectivity index (χ4v) is 10.7. The summed E-state index contributed by atoms with van der Waals surface area (Å²) in [6.45, 7) is 0. The molecule has 2 aromatic heterocycles. The third kappa shape index (κ3) is 5.80. The molecule has 13 rings (SSSR count). The molecule has 0 saturated carbocycles. The van der Waals surface area contributed by atoms with E-state index in [1.807, 2.05) is 0 Å². The van der Waals surface area contributed by atoms with Crippen LogP contribution in [-0.2, 0) is 6.42 Å². The minimum absolute atomic E-state index is 0.311. The molecule has 12 aromatic rings. The largest absolute Gasteiger partial charge is 0.309 e.